The van der Waals surface area contributed by atoms with Gasteiger partial charge in [0.25, 0.3) is 0 Å². The van der Waals surface area contributed by atoms with Gasteiger partial charge in [-0.15, -0.1) is 24.8 Å². The topological polar surface area (TPSA) is 52.0 Å². The van der Waals surface area contributed by atoms with Gasteiger partial charge in [-0.1, -0.05) is 0 Å². The van der Waals surface area contributed by atoms with Gasteiger partial charge in [0.2, 0.25) is 0 Å². The van der Waals surface area contributed by atoms with Crippen molar-refractivity contribution in [2.75, 3.05) is 13.1 Å². The Hall–Kier alpha value is 0.220. The van der Waals surface area contributed by atoms with Gasteiger partial charge in [0.15, 0.2) is 0 Å². The predicted octanol–water partition coefficient (Wildman–Crippen LogP) is 1.41. The maximum atomic E-state index is 12.8. The number of rotatable bonds is 3. The monoisotopic (exact) mass is 246 g/mol. The zero-order chi connectivity index (χ0) is 9.12. The Morgan fingerprint density at radius 3 is 1.23 bits per heavy atom. The smallest absolute Gasteiger partial charge is 0.327 e. The highest BCUT2D eigenvalue weighted by Gasteiger charge is 2.41. The van der Waals surface area contributed by atoms with Crippen LogP contribution in [0.4, 0.5) is 17.6 Å². The van der Waals surface area contributed by atoms with Gasteiger partial charge in [-0.3, -0.25) is 0 Å². The normalized spacial score (nSPS) is 11.5. The molecule has 0 rings (SSSR count). The molecule has 2 nitrogen and oxygen atoms in total. The van der Waals surface area contributed by atoms with E-state index in [9.17, 15) is 17.6 Å². The molecule has 0 heterocycles. The molecule has 0 aliphatic rings. The Kier molecular flexibility index (Phi) is 9.66. The first-order valence-corrected chi connectivity index (χ1v) is 2.99. The molecule has 0 amide bonds. The fourth-order valence-corrected chi connectivity index (χ4v) is 0.587. The number of hydrogen-bond donors (Lipinski definition) is 2. The summed E-state index contributed by atoms with van der Waals surface area (Å²) in [5.74, 6) is 0. The summed E-state index contributed by atoms with van der Waals surface area (Å²) in [6, 6.07) is 0. The summed E-state index contributed by atoms with van der Waals surface area (Å²) in [6.45, 7) is -1.41. The first-order valence-electron chi connectivity index (χ1n) is 2.99. The maximum absolute atomic E-state index is 12.8. The molecular weight excluding hydrogens is 235 g/mol. The van der Waals surface area contributed by atoms with Crippen molar-refractivity contribution in [3.05, 3.63) is 0 Å². The Morgan fingerprint density at radius 2 is 1.15 bits per heavy atom. The molecular formula is C5H12Cl2F4N2. The average Bonchev–Trinajstić information content (AvgIpc) is 1.84. The standard InChI is InChI=1S/C5H10F4N2.2ClH/c6-4(2-10,3-11)1-5(7,8)9;;/h1-3,10-11H2;2*1H. The summed E-state index contributed by atoms with van der Waals surface area (Å²) in [5.41, 5.74) is 7.04. The zero-order valence-corrected chi connectivity index (χ0v) is 8.24. The Bertz CT molecular complexity index is 126. The van der Waals surface area contributed by atoms with Crippen LogP contribution in [0, 0.1) is 0 Å². The van der Waals surface area contributed by atoms with Gasteiger partial charge < -0.3 is 11.5 Å². The summed E-state index contributed by atoms with van der Waals surface area (Å²) in [6.07, 6.45) is -6.12. The lowest BCUT2D eigenvalue weighted by Gasteiger charge is -2.22. The Balaban J connectivity index is -0.000000500. The van der Waals surface area contributed by atoms with Gasteiger partial charge in [-0.25, -0.2) is 4.39 Å². The van der Waals surface area contributed by atoms with Crippen molar-refractivity contribution in [3.8, 4) is 0 Å². The first-order chi connectivity index (χ1) is 4.83. The second kappa shape index (κ2) is 6.64. The summed E-state index contributed by atoms with van der Waals surface area (Å²) >= 11 is 0. The van der Waals surface area contributed by atoms with Gasteiger partial charge in [0.05, 0.1) is 6.42 Å². The molecule has 8 heteroatoms. The third-order valence-corrected chi connectivity index (χ3v) is 1.25. The fraction of sp³-hybridized carbons (Fsp3) is 1.00. The van der Waals surface area contributed by atoms with E-state index in [1.807, 2.05) is 0 Å². The van der Waals surface area contributed by atoms with Crippen molar-refractivity contribution in [2.24, 2.45) is 11.5 Å². The Morgan fingerprint density at radius 1 is 0.846 bits per heavy atom. The largest absolute Gasteiger partial charge is 0.392 e. The maximum Gasteiger partial charge on any atom is 0.392 e. The van der Waals surface area contributed by atoms with Crippen molar-refractivity contribution in [3.63, 3.8) is 0 Å². The summed E-state index contributed by atoms with van der Waals surface area (Å²) in [5, 5.41) is 0. The van der Waals surface area contributed by atoms with E-state index < -0.39 is 31.4 Å². The van der Waals surface area contributed by atoms with E-state index in [0.717, 1.165) is 0 Å². The van der Waals surface area contributed by atoms with Crippen molar-refractivity contribution in [1.82, 2.24) is 0 Å². The van der Waals surface area contributed by atoms with Gasteiger partial charge in [0.1, 0.15) is 5.67 Å². The number of hydrogen-bond acceptors (Lipinski definition) is 2. The lowest BCUT2D eigenvalue weighted by Crippen LogP contribution is -2.44. The summed E-state index contributed by atoms with van der Waals surface area (Å²) in [7, 11) is 0. The fourth-order valence-electron chi connectivity index (χ4n) is 0.587. The second-order valence-electron chi connectivity index (χ2n) is 2.35. The SMILES string of the molecule is Cl.Cl.NCC(F)(CN)CC(F)(F)F. The summed E-state index contributed by atoms with van der Waals surface area (Å²) in [4.78, 5) is 0. The summed E-state index contributed by atoms with van der Waals surface area (Å²) < 4.78 is 47.5. The predicted molar refractivity (Wildman–Crippen MR) is 47.1 cm³/mol. The third-order valence-electron chi connectivity index (χ3n) is 1.25. The number of halogens is 6. The van der Waals surface area contributed by atoms with Crippen LogP contribution in [0.15, 0.2) is 0 Å². The first kappa shape index (κ1) is 18.9. The molecule has 0 fully saturated rings. The highest BCUT2D eigenvalue weighted by molar-refractivity contribution is 5.85. The molecule has 0 aromatic rings. The molecule has 0 radical (unpaired) electrons. The van der Waals surface area contributed by atoms with Crippen LogP contribution in [0.2, 0.25) is 0 Å². The molecule has 0 aromatic carbocycles. The van der Waals surface area contributed by atoms with Crippen molar-refractivity contribution in [1.29, 1.82) is 0 Å². The molecule has 4 N–H and O–H groups in total. The van der Waals surface area contributed by atoms with Crippen LogP contribution < -0.4 is 11.5 Å². The molecule has 0 saturated heterocycles. The molecule has 13 heavy (non-hydrogen) atoms. The van der Waals surface area contributed by atoms with Crippen LogP contribution in [0.5, 0.6) is 0 Å². The van der Waals surface area contributed by atoms with E-state index in [0.29, 0.717) is 0 Å². The minimum absolute atomic E-state index is 0. The van der Waals surface area contributed by atoms with E-state index in [1.165, 1.54) is 0 Å². The number of alkyl halides is 4. The average molecular weight is 247 g/mol. The molecule has 0 bridgehead atoms. The van der Waals surface area contributed by atoms with Crippen molar-refractivity contribution < 1.29 is 17.6 Å². The zero-order valence-electron chi connectivity index (χ0n) is 6.60. The van der Waals surface area contributed by atoms with E-state index in [4.69, 9.17) is 11.5 Å². The van der Waals surface area contributed by atoms with Crippen LogP contribution in [0.1, 0.15) is 6.42 Å². The van der Waals surface area contributed by atoms with E-state index >= 15 is 0 Å². The minimum Gasteiger partial charge on any atom is -0.327 e. The van der Waals surface area contributed by atoms with Crippen LogP contribution in [0.3, 0.4) is 0 Å². The van der Waals surface area contributed by atoms with E-state index in [2.05, 4.69) is 0 Å². The minimum atomic E-state index is -4.55. The number of nitrogens with two attached hydrogens (primary N) is 2. The van der Waals surface area contributed by atoms with Gasteiger partial charge in [0, 0.05) is 13.1 Å². The van der Waals surface area contributed by atoms with Gasteiger partial charge in [-0.05, 0) is 0 Å². The second-order valence-corrected chi connectivity index (χ2v) is 2.35. The van der Waals surface area contributed by atoms with Gasteiger partial charge >= 0.3 is 6.18 Å². The molecule has 0 unspecified atom stereocenters. The quantitative estimate of drug-likeness (QED) is 0.741. The van der Waals surface area contributed by atoms with Crippen LogP contribution in [-0.4, -0.2) is 24.9 Å². The van der Waals surface area contributed by atoms with Crippen LogP contribution >= 0.6 is 24.8 Å². The molecule has 0 aliphatic carbocycles. The lowest BCUT2D eigenvalue weighted by atomic mass is 10.0. The highest BCUT2D eigenvalue weighted by Crippen LogP contribution is 2.28. The van der Waals surface area contributed by atoms with Gasteiger partial charge in [-0.2, -0.15) is 13.2 Å². The van der Waals surface area contributed by atoms with Crippen molar-refractivity contribution >= 4 is 24.8 Å². The van der Waals surface area contributed by atoms with Crippen LogP contribution in [-0.2, 0) is 0 Å². The molecule has 0 saturated carbocycles. The molecule has 0 spiro atoms. The Labute approximate surface area is 85.8 Å². The third kappa shape index (κ3) is 8.55. The van der Waals surface area contributed by atoms with Crippen LogP contribution in [0.25, 0.3) is 0 Å². The van der Waals surface area contributed by atoms with Crippen molar-refractivity contribution in [2.45, 2.75) is 18.3 Å². The molecule has 84 valence electrons. The van der Waals surface area contributed by atoms with E-state index in [-0.39, 0.29) is 24.8 Å². The lowest BCUT2D eigenvalue weighted by molar-refractivity contribution is -0.159. The molecule has 0 atom stereocenters. The van der Waals surface area contributed by atoms with E-state index in [1.54, 1.807) is 0 Å². The molecule has 0 aliphatic heterocycles. The highest BCUT2D eigenvalue weighted by atomic mass is 35.5. The molecule has 0 aromatic heterocycles.